The Morgan fingerprint density at radius 1 is 1.60 bits per heavy atom. The molecular formula is C10H8FNO3. The summed E-state index contributed by atoms with van der Waals surface area (Å²) in [4.78, 5) is 15.5. The van der Waals surface area contributed by atoms with Crippen LogP contribution in [-0.2, 0) is 9.63 Å². The van der Waals surface area contributed by atoms with Crippen LogP contribution >= 0.6 is 0 Å². The van der Waals surface area contributed by atoms with Crippen molar-refractivity contribution >= 4 is 11.7 Å². The van der Waals surface area contributed by atoms with Gasteiger partial charge in [0.15, 0.2) is 11.8 Å². The molecule has 0 aliphatic carbocycles. The van der Waals surface area contributed by atoms with E-state index in [0.717, 1.165) is 0 Å². The van der Waals surface area contributed by atoms with Gasteiger partial charge in [-0.15, -0.1) is 0 Å². The number of benzene rings is 1. The van der Waals surface area contributed by atoms with Crippen LogP contribution in [-0.4, -0.2) is 16.8 Å². The molecule has 1 N–H and O–H groups in total. The standard InChI is InChI=1S/C10H8FNO3/c11-7-3-1-2-6(4-7)9-5-8(10(13)14)12-15-9/h1-4,9H,5H2,(H,13,14)/t9-/m0/s1. The maximum atomic E-state index is 12.9. The van der Waals surface area contributed by atoms with Crippen molar-refractivity contribution in [3.63, 3.8) is 0 Å². The fourth-order valence-electron chi connectivity index (χ4n) is 1.39. The molecule has 2 rings (SSSR count). The highest BCUT2D eigenvalue weighted by molar-refractivity contribution is 6.35. The Morgan fingerprint density at radius 3 is 3.00 bits per heavy atom. The zero-order valence-electron chi connectivity index (χ0n) is 7.68. The van der Waals surface area contributed by atoms with Gasteiger partial charge in [-0.1, -0.05) is 17.3 Å². The van der Waals surface area contributed by atoms with Crippen molar-refractivity contribution in [3.8, 4) is 0 Å². The molecule has 0 amide bonds. The SMILES string of the molecule is O=C(O)C1=NO[C@H](c2cccc(F)c2)C1. The molecule has 1 heterocycles. The van der Waals surface area contributed by atoms with Crippen molar-refractivity contribution in [3.05, 3.63) is 35.6 Å². The van der Waals surface area contributed by atoms with Crippen LogP contribution in [0, 0.1) is 5.82 Å². The van der Waals surface area contributed by atoms with Crippen molar-refractivity contribution in [2.45, 2.75) is 12.5 Å². The van der Waals surface area contributed by atoms with Crippen LogP contribution in [0.4, 0.5) is 4.39 Å². The average molecular weight is 209 g/mol. The van der Waals surface area contributed by atoms with E-state index in [-0.39, 0.29) is 17.9 Å². The highest BCUT2D eigenvalue weighted by Gasteiger charge is 2.27. The lowest BCUT2D eigenvalue weighted by atomic mass is 10.0. The molecule has 1 aromatic carbocycles. The van der Waals surface area contributed by atoms with Crippen LogP contribution in [0.5, 0.6) is 0 Å². The minimum atomic E-state index is -1.10. The largest absolute Gasteiger partial charge is 0.477 e. The zero-order chi connectivity index (χ0) is 10.8. The Labute approximate surface area is 85.0 Å². The second kappa shape index (κ2) is 3.68. The third-order valence-corrected chi connectivity index (χ3v) is 2.14. The molecule has 0 bridgehead atoms. The Kier molecular flexibility index (Phi) is 2.37. The summed E-state index contributed by atoms with van der Waals surface area (Å²) >= 11 is 0. The van der Waals surface area contributed by atoms with Gasteiger partial charge in [0.25, 0.3) is 0 Å². The van der Waals surface area contributed by atoms with Gasteiger partial charge in [-0.2, -0.15) is 0 Å². The molecule has 4 nitrogen and oxygen atoms in total. The number of hydrogen-bond donors (Lipinski definition) is 1. The number of carboxylic acid groups (broad SMARTS) is 1. The first-order valence-electron chi connectivity index (χ1n) is 4.38. The molecule has 78 valence electrons. The molecule has 15 heavy (non-hydrogen) atoms. The number of nitrogens with zero attached hydrogens (tertiary/aromatic N) is 1. The fraction of sp³-hybridized carbons (Fsp3) is 0.200. The first kappa shape index (κ1) is 9.64. The fourth-order valence-corrected chi connectivity index (χ4v) is 1.39. The van der Waals surface area contributed by atoms with E-state index in [9.17, 15) is 9.18 Å². The molecule has 1 atom stereocenters. The van der Waals surface area contributed by atoms with E-state index in [2.05, 4.69) is 5.16 Å². The van der Waals surface area contributed by atoms with E-state index in [1.807, 2.05) is 0 Å². The Bertz CT molecular complexity index is 430. The molecular weight excluding hydrogens is 201 g/mol. The molecule has 5 heteroatoms. The van der Waals surface area contributed by atoms with Gasteiger partial charge in [0.1, 0.15) is 5.82 Å². The first-order valence-corrected chi connectivity index (χ1v) is 4.38. The summed E-state index contributed by atoms with van der Waals surface area (Å²) in [6.45, 7) is 0. The lowest BCUT2D eigenvalue weighted by Gasteiger charge is -2.07. The second-order valence-corrected chi connectivity index (χ2v) is 3.20. The van der Waals surface area contributed by atoms with Crippen molar-refractivity contribution < 1.29 is 19.1 Å². The molecule has 0 saturated heterocycles. The maximum absolute atomic E-state index is 12.9. The van der Waals surface area contributed by atoms with Crippen LogP contribution in [0.25, 0.3) is 0 Å². The van der Waals surface area contributed by atoms with Gasteiger partial charge < -0.3 is 9.94 Å². The number of carbonyl (C=O) groups is 1. The summed E-state index contributed by atoms with van der Waals surface area (Å²) in [5, 5.41) is 12.1. The lowest BCUT2D eigenvalue weighted by molar-refractivity contribution is -0.129. The van der Waals surface area contributed by atoms with Gasteiger partial charge in [-0.3, -0.25) is 0 Å². The number of halogens is 1. The Morgan fingerprint density at radius 2 is 2.40 bits per heavy atom. The highest BCUT2D eigenvalue weighted by Crippen LogP contribution is 2.27. The van der Waals surface area contributed by atoms with Crippen molar-refractivity contribution in [2.24, 2.45) is 5.16 Å². The predicted octanol–water partition coefficient (Wildman–Crippen LogP) is 1.73. The van der Waals surface area contributed by atoms with Crippen LogP contribution in [0.15, 0.2) is 29.4 Å². The van der Waals surface area contributed by atoms with E-state index in [0.29, 0.717) is 5.56 Å². The van der Waals surface area contributed by atoms with E-state index in [1.54, 1.807) is 12.1 Å². The third kappa shape index (κ3) is 1.96. The number of oxime groups is 1. The summed E-state index contributed by atoms with van der Waals surface area (Å²) in [6, 6.07) is 5.85. The highest BCUT2D eigenvalue weighted by atomic mass is 19.1. The number of hydrogen-bond acceptors (Lipinski definition) is 3. The summed E-state index contributed by atoms with van der Waals surface area (Å²) < 4.78 is 12.9. The van der Waals surface area contributed by atoms with E-state index in [1.165, 1.54) is 12.1 Å². The Balaban J connectivity index is 2.13. The predicted molar refractivity (Wildman–Crippen MR) is 49.9 cm³/mol. The average Bonchev–Trinajstić information content (AvgIpc) is 2.66. The van der Waals surface area contributed by atoms with Crippen molar-refractivity contribution in [1.82, 2.24) is 0 Å². The number of carboxylic acids is 1. The van der Waals surface area contributed by atoms with Crippen LogP contribution < -0.4 is 0 Å². The molecule has 0 unspecified atom stereocenters. The third-order valence-electron chi connectivity index (χ3n) is 2.14. The van der Waals surface area contributed by atoms with Crippen LogP contribution in [0.1, 0.15) is 18.1 Å². The minimum absolute atomic E-state index is 0.0377. The van der Waals surface area contributed by atoms with E-state index >= 15 is 0 Å². The zero-order valence-corrected chi connectivity index (χ0v) is 7.68. The van der Waals surface area contributed by atoms with Gasteiger partial charge in [0.2, 0.25) is 0 Å². The normalized spacial score (nSPS) is 19.5. The summed E-state index contributed by atoms with van der Waals surface area (Å²) in [7, 11) is 0. The number of aliphatic carboxylic acids is 1. The first-order chi connectivity index (χ1) is 7.16. The topological polar surface area (TPSA) is 58.9 Å². The van der Waals surface area contributed by atoms with E-state index in [4.69, 9.17) is 9.94 Å². The maximum Gasteiger partial charge on any atom is 0.353 e. The van der Waals surface area contributed by atoms with E-state index < -0.39 is 12.1 Å². The smallest absolute Gasteiger partial charge is 0.353 e. The number of rotatable bonds is 2. The quantitative estimate of drug-likeness (QED) is 0.806. The van der Waals surface area contributed by atoms with Crippen molar-refractivity contribution in [1.29, 1.82) is 0 Å². The Hall–Kier alpha value is -1.91. The van der Waals surface area contributed by atoms with Gasteiger partial charge in [0, 0.05) is 6.42 Å². The van der Waals surface area contributed by atoms with Gasteiger partial charge in [0.05, 0.1) is 0 Å². The summed E-state index contributed by atoms with van der Waals surface area (Å²) in [5.41, 5.74) is 0.555. The molecule has 0 spiro atoms. The summed E-state index contributed by atoms with van der Waals surface area (Å²) in [6.07, 6.45) is -0.328. The summed E-state index contributed by atoms with van der Waals surface area (Å²) in [5.74, 6) is -1.48. The molecule has 0 saturated carbocycles. The molecule has 0 radical (unpaired) electrons. The molecule has 1 aliphatic rings. The molecule has 0 aromatic heterocycles. The second-order valence-electron chi connectivity index (χ2n) is 3.20. The van der Waals surface area contributed by atoms with Gasteiger partial charge in [-0.05, 0) is 17.7 Å². The molecule has 1 aliphatic heterocycles. The van der Waals surface area contributed by atoms with Gasteiger partial charge in [-0.25, -0.2) is 9.18 Å². The molecule has 1 aromatic rings. The van der Waals surface area contributed by atoms with Gasteiger partial charge >= 0.3 is 5.97 Å². The minimum Gasteiger partial charge on any atom is -0.477 e. The monoisotopic (exact) mass is 209 g/mol. The molecule has 0 fully saturated rings. The van der Waals surface area contributed by atoms with Crippen LogP contribution in [0.2, 0.25) is 0 Å². The lowest BCUT2D eigenvalue weighted by Crippen LogP contribution is -2.11. The van der Waals surface area contributed by atoms with Crippen LogP contribution in [0.3, 0.4) is 0 Å². The van der Waals surface area contributed by atoms with Crippen molar-refractivity contribution in [2.75, 3.05) is 0 Å².